The number of hydrogen-bond acceptors (Lipinski definition) is 5. The van der Waals surface area contributed by atoms with Crippen LogP contribution in [0.25, 0.3) is 0 Å². The van der Waals surface area contributed by atoms with Gasteiger partial charge in [0.05, 0.1) is 5.97 Å². The Morgan fingerprint density at radius 2 is 1.69 bits per heavy atom. The zero-order chi connectivity index (χ0) is 22.0. The second-order valence-corrected chi connectivity index (χ2v) is 7.70. The van der Waals surface area contributed by atoms with Gasteiger partial charge >= 0.3 is 6.09 Å². The molecular weight excluding hydrogens is 372 g/mol. The summed E-state index contributed by atoms with van der Waals surface area (Å²) in [7, 11) is 4.68. The maximum Gasteiger partial charge on any atom is 0.410 e. The van der Waals surface area contributed by atoms with Crippen LogP contribution in [0.2, 0.25) is 0 Å². The molecule has 0 radical (unpaired) electrons. The summed E-state index contributed by atoms with van der Waals surface area (Å²) < 4.78 is 5.21. The monoisotopic (exact) mass is 405 g/mol. The van der Waals surface area contributed by atoms with E-state index >= 15 is 0 Å². The molecule has 0 aromatic heterocycles. The first-order valence-corrected chi connectivity index (χ1v) is 10.1. The fraction of sp³-hybridized carbons (Fsp3) is 0.591. The highest BCUT2D eigenvalue weighted by Gasteiger charge is 2.30. The van der Waals surface area contributed by atoms with Gasteiger partial charge in [-0.25, -0.2) is 4.79 Å². The van der Waals surface area contributed by atoms with Crippen LogP contribution in [-0.4, -0.2) is 61.1 Å². The van der Waals surface area contributed by atoms with Gasteiger partial charge in [-0.05, 0) is 37.2 Å². The van der Waals surface area contributed by atoms with E-state index in [-0.39, 0.29) is 18.2 Å². The number of nitrogens with zero attached hydrogens (tertiary/aromatic N) is 2. The smallest absolute Gasteiger partial charge is 0.410 e. The Hall–Kier alpha value is -2.57. The van der Waals surface area contributed by atoms with Gasteiger partial charge in [-0.15, -0.1) is 0 Å². The first kappa shape index (κ1) is 24.5. The topological polar surface area (TPSA) is 90.0 Å². The third kappa shape index (κ3) is 8.13. The van der Waals surface area contributed by atoms with E-state index in [1.807, 2.05) is 44.2 Å². The molecule has 0 aliphatic rings. The van der Waals surface area contributed by atoms with Gasteiger partial charge in [0, 0.05) is 21.1 Å². The molecular formula is C22H33N2O5-. The predicted molar refractivity (Wildman–Crippen MR) is 109 cm³/mol. The molecule has 0 saturated carbocycles. The number of hydrogen-bond donors (Lipinski definition) is 0. The lowest BCUT2D eigenvalue weighted by atomic mass is 9.95. The molecule has 0 saturated heterocycles. The third-order valence-electron chi connectivity index (χ3n) is 4.93. The van der Waals surface area contributed by atoms with Crippen molar-refractivity contribution in [2.75, 3.05) is 21.1 Å². The number of carboxylic acids is 1. The summed E-state index contributed by atoms with van der Waals surface area (Å²) in [5, 5.41) is 11.5. The van der Waals surface area contributed by atoms with Crippen molar-refractivity contribution in [2.24, 2.45) is 5.92 Å². The van der Waals surface area contributed by atoms with Crippen LogP contribution in [0.15, 0.2) is 30.3 Å². The van der Waals surface area contributed by atoms with Crippen LogP contribution in [-0.2, 0) is 20.7 Å². The molecule has 7 nitrogen and oxygen atoms in total. The lowest BCUT2D eigenvalue weighted by molar-refractivity contribution is -0.315. The summed E-state index contributed by atoms with van der Waals surface area (Å²) in [6.45, 7) is 3.83. The van der Waals surface area contributed by atoms with E-state index in [0.717, 1.165) is 12.8 Å². The molecule has 29 heavy (non-hydrogen) atoms. The zero-order valence-electron chi connectivity index (χ0n) is 18.1. The summed E-state index contributed by atoms with van der Waals surface area (Å²) in [5.41, 5.74) is 1.17. The zero-order valence-corrected chi connectivity index (χ0v) is 18.1. The second kappa shape index (κ2) is 12.1. The van der Waals surface area contributed by atoms with Gasteiger partial charge in [0.1, 0.15) is 12.1 Å². The van der Waals surface area contributed by atoms with Gasteiger partial charge in [0.15, 0.2) is 0 Å². The number of ether oxygens (including phenoxy) is 1. The maximum atomic E-state index is 12.5. The van der Waals surface area contributed by atoms with E-state index in [0.29, 0.717) is 12.8 Å². The minimum Gasteiger partial charge on any atom is -0.546 e. The van der Waals surface area contributed by atoms with Crippen molar-refractivity contribution in [3.8, 4) is 0 Å². The Morgan fingerprint density at radius 3 is 2.21 bits per heavy atom. The molecule has 0 aliphatic carbocycles. The van der Waals surface area contributed by atoms with Crippen molar-refractivity contribution < 1.29 is 24.2 Å². The first-order chi connectivity index (χ1) is 13.7. The largest absolute Gasteiger partial charge is 0.546 e. The molecule has 1 rings (SSSR count). The highest BCUT2D eigenvalue weighted by Crippen LogP contribution is 2.18. The van der Waals surface area contributed by atoms with Gasteiger partial charge in [-0.1, -0.05) is 50.6 Å². The highest BCUT2D eigenvalue weighted by atomic mass is 16.6. The van der Waals surface area contributed by atoms with Crippen LogP contribution < -0.4 is 5.11 Å². The molecule has 1 aromatic rings. The van der Waals surface area contributed by atoms with Crippen LogP contribution >= 0.6 is 0 Å². The summed E-state index contributed by atoms with van der Waals surface area (Å²) >= 11 is 0. The SMILES string of the molecule is CCCC(C(=O)N(C)C)N(C)C(=O)OC(CC(C)CCc1ccccc1)C(=O)[O-]. The van der Waals surface area contributed by atoms with Crippen molar-refractivity contribution >= 4 is 18.0 Å². The van der Waals surface area contributed by atoms with E-state index in [1.165, 1.54) is 22.4 Å². The van der Waals surface area contributed by atoms with Gasteiger partial charge < -0.3 is 19.5 Å². The molecule has 0 fully saturated rings. The van der Waals surface area contributed by atoms with Crippen molar-refractivity contribution in [3.05, 3.63) is 35.9 Å². The molecule has 162 valence electrons. The molecule has 7 heteroatoms. The van der Waals surface area contributed by atoms with Crippen molar-refractivity contribution in [1.82, 2.24) is 9.80 Å². The Bertz CT molecular complexity index is 662. The van der Waals surface area contributed by atoms with Gasteiger partial charge in [0.25, 0.3) is 0 Å². The summed E-state index contributed by atoms with van der Waals surface area (Å²) in [4.78, 5) is 39.0. The number of amides is 2. The number of carbonyl (C=O) groups is 3. The molecule has 0 bridgehead atoms. The predicted octanol–water partition coefficient (Wildman–Crippen LogP) is 2.09. The summed E-state index contributed by atoms with van der Waals surface area (Å²) in [6, 6.07) is 9.22. The number of carbonyl (C=O) groups excluding carboxylic acids is 3. The molecule has 0 N–H and O–H groups in total. The molecule has 3 atom stereocenters. The molecule has 0 aliphatic heterocycles. The fourth-order valence-electron chi connectivity index (χ4n) is 3.12. The summed E-state index contributed by atoms with van der Waals surface area (Å²) in [5.74, 6) is -1.64. The number of carboxylic acid groups (broad SMARTS) is 1. The molecule has 3 unspecified atom stereocenters. The maximum absolute atomic E-state index is 12.5. The number of rotatable bonds is 11. The average Bonchev–Trinajstić information content (AvgIpc) is 2.69. The normalized spacial score (nSPS) is 13.8. The average molecular weight is 406 g/mol. The lowest BCUT2D eigenvalue weighted by Crippen LogP contribution is -2.49. The van der Waals surface area contributed by atoms with Crippen molar-refractivity contribution in [1.29, 1.82) is 0 Å². The number of benzene rings is 1. The number of aryl methyl sites for hydroxylation is 1. The number of likely N-dealkylation sites (N-methyl/N-ethyl adjacent to an activating group) is 2. The highest BCUT2D eigenvalue weighted by molar-refractivity contribution is 5.85. The van der Waals surface area contributed by atoms with Crippen LogP contribution in [0.1, 0.15) is 45.1 Å². The molecule has 2 amide bonds. The second-order valence-electron chi connectivity index (χ2n) is 7.70. The van der Waals surface area contributed by atoms with Gasteiger partial charge in [0.2, 0.25) is 5.91 Å². The van der Waals surface area contributed by atoms with Crippen molar-refractivity contribution in [3.63, 3.8) is 0 Å². The van der Waals surface area contributed by atoms with Gasteiger partial charge in [-0.2, -0.15) is 0 Å². The van der Waals surface area contributed by atoms with E-state index in [1.54, 1.807) is 14.1 Å². The standard InChI is InChI=1S/C22H34N2O5/c1-6-10-18(20(25)23(3)4)24(5)22(28)29-19(21(26)27)15-16(2)13-14-17-11-8-7-9-12-17/h7-9,11-12,16,18-19H,6,10,13-15H2,1-5H3,(H,26,27)/p-1. The summed E-state index contributed by atoms with van der Waals surface area (Å²) in [6.07, 6.45) is 0.712. The fourth-order valence-corrected chi connectivity index (χ4v) is 3.12. The molecule has 1 aromatic carbocycles. The van der Waals surface area contributed by atoms with E-state index in [9.17, 15) is 19.5 Å². The van der Waals surface area contributed by atoms with Crippen LogP contribution in [0.4, 0.5) is 4.79 Å². The Morgan fingerprint density at radius 1 is 1.07 bits per heavy atom. The van der Waals surface area contributed by atoms with Crippen molar-refractivity contribution in [2.45, 2.75) is 58.1 Å². The minimum atomic E-state index is -1.43. The Balaban J connectivity index is 2.69. The first-order valence-electron chi connectivity index (χ1n) is 10.1. The third-order valence-corrected chi connectivity index (χ3v) is 4.93. The van der Waals surface area contributed by atoms with Crippen LogP contribution in [0.5, 0.6) is 0 Å². The Kier molecular flexibility index (Phi) is 10.2. The van der Waals surface area contributed by atoms with Crippen LogP contribution in [0, 0.1) is 5.92 Å². The van der Waals surface area contributed by atoms with E-state index < -0.39 is 24.2 Å². The molecule has 0 spiro atoms. The van der Waals surface area contributed by atoms with Crippen LogP contribution in [0.3, 0.4) is 0 Å². The molecule has 0 heterocycles. The minimum absolute atomic E-state index is 0.0195. The number of aliphatic carboxylic acids is 1. The van der Waals surface area contributed by atoms with Gasteiger partial charge in [-0.3, -0.25) is 9.69 Å². The quantitative estimate of drug-likeness (QED) is 0.562. The van der Waals surface area contributed by atoms with E-state index in [4.69, 9.17) is 4.74 Å². The lowest BCUT2D eigenvalue weighted by Gasteiger charge is -2.31. The Labute approximate surface area is 173 Å². The van der Waals surface area contributed by atoms with E-state index in [2.05, 4.69) is 0 Å².